The standard InChI is InChI=1S/C15H19N7/c1-2-3-5-11(13-18-8-9-19-13)20-14-12-10(6-4-7-17-12)21-15(16)22-14/h4,6-9,11H,2-3,5H2,1H3,(H,18,19)(H3,16,20,21,22)/t11-/m1/s1. The number of nitrogens with one attached hydrogen (secondary N) is 2. The van der Waals surface area contributed by atoms with Gasteiger partial charge in [0.05, 0.1) is 11.6 Å². The number of anilines is 2. The fourth-order valence-electron chi connectivity index (χ4n) is 2.40. The first-order valence-corrected chi connectivity index (χ1v) is 7.42. The van der Waals surface area contributed by atoms with Gasteiger partial charge in [0.15, 0.2) is 5.82 Å². The zero-order chi connectivity index (χ0) is 15.4. The second-order valence-electron chi connectivity index (χ2n) is 5.12. The summed E-state index contributed by atoms with van der Waals surface area (Å²) < 4.78 is 0. The van der Waals surface area contributed by atoms with Gasteiger partial charge in [0, 0.05) is 18.6 Å². The number of hydrogen-bond donors (Lipinski definition) is 3. The van der Waals surface area contributed by atoms with E-state index in [4.69, 9.17) is 5.73 Å². The Morgan fingerprint density at radius 1 is 1.27 bits per heavy atom. The first kappa shape index (κ1) is 14.2. The summed E-state index contributed by atoms with van der Waals surface area (Å²) >= 11 is 0. The van der Waals surface area contributed by atoms with Crippen molar-refractivity contribution >= 4 is 22.8 Å². The minimum atomic E-state index is 0.0365. The number of unbranched alkanes of at least 4 members (excludes halogenated alkanes) is 1. The maximum absolute atomic E-state index is 5.81. The Morgan fingerprint density at radius 3 is 2.95 bits per heavy atom. The monoisotopic (exact) mass is 297 g/mol. The SMILES string of the molecule is CCCC[C@@H](Nc1nc(N)nc2cccnc12)c1ncc[nH]1. The minimum absolute atomic E-state index is 0.0365. The largest absolute Gasteiger partial charge is 0.368 e. The molecule has 0 aliphatic heterocycles. The fourth-order valence-corrected chi connectivity index (χ4v) is 2.40. The lowest BCUT2D eigenvalue weighted by Gasteiger charge is -2.18. The van der Waals surface area contributed by atoms with E-state index in [9.17, 15) is 0 Å². The highest BCUT2D eigenvalue weighted by atomic mass is 15.1. The van der Waals surface area contributed by atoms with Crippen LogP contribution in [-0.4, -0.2) is 24.9 Å². The molecule has 0 aliphatic carbocycles. The number of imidazole rings is 1. The summed E-state index contributed by atoms with van der Waals surface area (Å²) in [7, 11) is 0. The van der Waals surface area contributed by atoms with Crippen LogP contribution in [0.15, 0.2) is 30.7 Å². The summed E-state index contributed by atoms with van der Waals surface area (Å²) in [5.74, 6) is 1.76. The number of pyridine rings is 1. The fraction of sp³-hybridized carbons (Fsp3) is 0.333. The maximum Gasteiger partial charge on any atom is 0.222 e. The number of nitrogen functional groups attached to an aromatic ring is 1. The highest BCUT2D eigenvalue weighted by Gasteiger charge is 2.16. The van der Waals surface area contributed by atoms with Crippen LogP contribution in [0.4, 0.5) is 11.8 Å². The predicted molar refractivity (Wildman–Crippen MR) is 86.2 cm³/mol. The molecule has 3 aromatic heterocycles. The molecule has 0 spiro atoms. The van der Waals surface area contributed by atoms with Crippen LogP contribution in [0.5, 0.6) is 0 Å². The summed E-state index contributed by atoms with van der Waals surface area (Å²) in [5, 5.41) is 3.41. The van der Waals surface area contributed by atoms with E-state index >= 15 is 0 Å². The molecule has 0 aliphatic rings. The molecule has 3 aromatic rings. The van der Waals surface area contributed by atoms with Crippen LogP contribution in [0.25, 0.3) is 11.0 Å². The second-order valence-corrected chi connectivity index (χ2v) is 5.12. The normalized spacial score (nSPS) is 12.4. The van der Waals surface area contributed by atoms with E-state index in [1.807, 2.05) is 18.3 Å². The van der Waals surface area contributed by atoms with Gasteiger partial charge >= 0.3 is 0 Å². The lowest BCUT2D eigenvalue weighted by Crippen LogP contribution is -2.15. The summed E-state index contributed by atoms with van der Waals surface area (Å²) in [6.07, 6.45) is 8.44. The molecule has 1 atom stereocenters. The van der Waals surface area contributed by atoms with Gasteiger partial charge in [-0.15, -0.1) is 0 Å². The number of aromatic amines is 1. The zero-order valence-electron chi connectivity index (χ0n) is 12.5. The van der Waals surface area contributed by atoms with Crippen molar-refractivity contribution < 1.29 is 0 Å². The van der Waals surface area contributed by atoms with Crippen LogP contribution in [0.3, 0.4) is 0 Å². The molecule has 0 radical (unpaired) electrons. The van der Waals surface area contributed by atoms with Crippen LogP contribution in [0, 0.1) is 0 Å². The van der Waals surface area contributed by atoms with Crippen LogP contribution in [0.1, 0.15) is 38.1 Å². The molecule has 4 N–H and O–H groups in total. The number of H-pyrrole nitrogens is 1. The van der Waals surface area contributed by atoms with Crippen molar-refractivity contribution in [2.75, 3.05) is 11.1 Å². The molecule has 22 heavy (non-hydrogen) atoms. The molecule has 0 saturated heterocycles. The van der Waals surface area contributed by atoms with E-state index < -0.39 is 0 Å². The van der Waals surface area contributed by atoms with Gasteiger partial charge in [0.2, 0.25) is 5.95 Å². The number of nitrogens with two attached hydrogens (primary N) is 1. The van der Waals surface area contributed by atoms with Gasteiger partial charge in [0.1, 0.15) is 11.3 Å². The molecular weight excluding hydrogens is 278 g/mol. The lowest BCUT2D eigenvalue weighted by atomic mass is 10.1. The van der Waals surface area contributed by atoms with Gasteiger partial charge in [0.25, 0.3) is 0 Å². The quantitative estimate of drug-likeness (QED) is 0.646. The Kier molecular flexibility index (Phi) is 4.13. The Labute approximate surface area is 128 Å². The van der Waals surface area contributed by atoms with Crippen molar-refractivity contribution in [2.45, 2.75) is 32.2 Å². The Balaban J connectivity index is 1.95. The molecule has 0 bridgehead atoms. The van der Waals surface area contributed by atoms with Crippen molar-refractivity contribution in [3.8, 4) is 0 Å². The minimum Gasteiger partial charge on any atom is -0.368 e. The molecule has 0 saturated carbocycles. The smallest absolute Gasteiger partial charge is 0.222 e. The Bertz CT molecular complexity index is 739. The Morgan fingerprint density at radius 2 is 2.18 bits per heavy atom. The van der Waals surface area contributed by atoms with Gasteiger partial charge in [-0.1, -0.05) is 19.8 Å². The second kappa shape index (κ2) is 6.38. The highest BCUT2D eigenvalue weighted by molar-refractivity contribution is 5.85. The van der Waals surface area contributed by atoms with Gasteiger partial charge in [-0.3, -0.25) is 4.98 Å². The van der Waals surface area contributed by atoms with Crippen LogP contribution < -0.4 is 11.1 Å². The average Bonchev–Trinajstić information content (AvgIpc) is 3.05. The van der Waals surface area contributed by atoms with E-state index in [1.165, 1.54) is 0 Å². The van der Waals surface area contributed by atoms with Crippen LogP contribution in [-0.2, 0) is 0 Å². The molecule has 0 unspecified atom stereocenters. The molecule has 3 heterocycles. The molecule has 0 aromatic carbocycles. The maximum atomic E-state index is 5.81. The van der Waals surface area contributed by atoms with Crippen molar-refractivity contribution in [2.24, 2.45) is 0 Å². The molecule has 7 nitrogen and oxygen atoms in total. The van der Waals surface area contributed by atoms with Gasteiger partial charge < -0.3 is 16.0 Å². The first-order chi connectivity index (χ1) is 10.8. The summed E-state index contributed by atoms with van der Waals surface area (Å²) in [6.45, 7) is 2.17. The summed E-state index contributed by atoms with van der Waals surface area (Å²) in [6, 6.07) is 3.74. The summed E-state index contributed by atoms with van der Waals surface area (Å²) in [4.78, 5) is 20.4. The zero-order valence-corrected chi connectivity index (χ0v) is 12.5. The highest BCUT2D eigenvalue weighted by Crippen LogP contribution is 2.25. The van der Waals surface area contributed by atoms with E-state index in [1.54, 1.807) is 12.4 Å². The Hall–Kier alpha value is -2.70. The van der Waals surface area contributed by atoms with Crippen molar-refractivity contribution in [3.05, 3.63) is 36.5 Å². The van der Waals surface area contributed by atoms with Gasteiger partial charge in [-0.05, 0) is 18.6 Å². The summed E-state index contributed by atoms with van der Waals surface area (Å²) in [5.41, 5.74) is 7.25. The molecule has 7 heteroatoms. The number of aromatic nitrogens is 5. The lowest BCUT2D eigenvalue weighted by molar-refractivity contribution is 0.610. The van der Waals surface area contributed by atoms with Crippen molar-refractivity contribution in [3.63, 3.8) is 0 Å². The first-order valence-electron chi connectivity index (χ1n) is 7.42. The molecule has 0 amide bonds. The average molecular weight is 297 g/mol. The van der Waals surface area contributed by atoms with E-state index in [2.05, 4.69) is 37.2 Å². The third-order valence-electron chi connectivity index (χ3n) is 3.48. The van der Waals surface area contributed by atoms with E-state index in [0.717, 1.165) is 30.6 Å². The van der Waals surface area contributed by atoms with Crippen molar-refractivity contribution in [1.82, 2.24) is 24.9 Å². The predicted octanol–water partition coefficient (Wildman–Crippen LogP) is 2.67. The van der Waals surface area contributed by atoms with Gasteiger partial charge in [-0.25, -0.2) is 9.97 Å². The van der Waals surface area contributed by atoms with Crippen molar-refractivity contribution in [1.29, 1.82) is 0 Å². The molecule has 0 fully saturated rings. The van der Waals surface area contributed by atoms with Crippen LogP contribution >= 0.6 is 0 Å². The number of nitrogens with zero attached hydrogens (tertiary/aromatic N) is 4. The molecule has 3 rings (SSSR count). The van der Waals surface area contributed by atoms with Gasteiger partial charge in [-0.2, -0.15) is 4.98 Å². The van der Waals surface area contributed by atoms with E-state index in [-0.39, 0.29) is 12.0 Å². The third-order valence-corrected chi connectivity index (χ3v) is 3.48. The topological polar surface area (TPSA) is 105 Å². The molecule has 114 valence electrons. The van der Waals surface area contributed by atoms with Crippen LogP contribution in [0.2, 0.25) is 0 Å². The molecular formula is C15H19N7. The number of fused-ring (bicyclic) bond motifs is 1. The third kappa shape index (κ3) is 2.98. The number of rotatable bonds is 6. The van der Waals surface area contributed by atoms with E-state index in [0.29, 0.717) is 11.3 Å². The number of hydrogen-bond acceptors (Lipinski definition) is 6.